The van der Waals surface area contributed by atoms with Crippen LogP contribution in [0.25, 0.3) is 0 Å². The first-order valence-electron chi connectivity index (χ1n) is 6.06. The first-order chi connectivity index (χ1) is 8.70. The van der Waals surface area contributed by atoms with Gasteiger partial charge >= 0.3 is 0 Å². The van der Waals surface area contributed by atoms with Crippen molar-refractivity contribution in [2.45, 2.75) is 18.9 Å². The molecule has 0 aromatic heterocycles. The summed E-state index contributed by atoms with van der Waals surface area (Å²) in [5, 5.41) is 6.31. The van der Waals surface area contributed by atoms with E-state index in [1.54, 1.807) is 25.3 Å². The van der Waals surface area contributed by atoms with Crippen molar-refractivity contribution in [3.63, 3.8) is 0 Å². The van der Waals surface area contributed by atoms with Crippen molar-refractivity contribution in [1.82, 2.24) is 10.6 Å². The van der Waals surface area contributed by atoms with Crippen molar-refractivity contribution in [3.05, 3.63) is 28.2 Å². The molecule has 0 bridgehead atoms. The van der Waals surface area contributed by atoms with E-state index in [0.29, 0.717) is 5.56 Å². The molecule has 1 aromatic carbocycles. The van der Waals surface area contributed by atoms with Crippen LogP contribution in [-0.4, -0.2) is 32.1 Å². The second-order valence-corrected chi connectivity index (χ2v) is 5.22. The van der Waals surface area contributed by atoms with Crippen LogP contribution in [0.2, 0.25) is 0 Å². The van der Waals surface area contributed by atoms with E-state index in [9.17, 15) is 4.79 Å². The van der Waals surface area contributed by atoms with Crippen molar-refractivity contribution in [2.75, 3.05) is 20.2 Å². The minimum absolute atomic E-state index is 0.0351. The third kappa shape index (κ3) is 3.23. The van der Waals surface area contributed by atoms with E-state index in [0.717, 1.165) is 36.2 Å². The zero-order chi connectivity index (χ0) is 13.0. The van der Waals surface area contributed by atoms with Gasteiger partial charge in [0.05, 0.1) is 11.6 Å². The van der Waals surface area contributed by atoms with E-state index in [-0.39, 0.29) is 11.9 Å². The number of benzene rings is 1. The molecule has 1 saturated heterocycles. The van der Waals surface area contributed by atoms with Gasteiger partial charge in [-0.15, -0.1) is 0 Å². The average molecular weight is 313 g/mol. The number of hydrogen-bond donors (Lipinski definition) is 2. The van der Waals surface area contributed by atoms with E-state index < -0.39 is 0 Å². The second kappa shape index (κ2) is 6.20. The number of amides is 1. The number of nitrogens with one attached hydrogen (secondary N) is 2. The van der Waals surface area contributed by atoms with Gasteiger partial charge in [0.15, 0.2) is 0 Å². The van der Waals surface area contributed by atoms with Crippen molar-refractivity contribution < 1.29 is 9.53 Å². The highest BCUT2D eigenvalue weighted by Gasteiger charge is 2.16. The number of ether oxygens (including phenoxy) is 1. The average Bonchev–Trinajstić information content (AvgIpc) is 2.39. The lowest BCUT2D eigenvalue weighted by Gasteiger charge is -2.23. The molecule has 2 rings (SSSR count). The Morgan fingerprint density at radius 2 is 2.39 bits per heavy atom. The number of rotatable bonds is 3. The molecule has 18 heavy (non-hydrogen) atoms. The highest BCUT2D eigenvalue weighted by atomic mass is 79.9. The molecule has 4 nitrogen and oxygen atoms in total. The maximum Gasteiger partial charge on any atom is 0.251 e. The molecule has 1 aliphatic rings. The number of methoxy groups -OCH3 is 1. The van der Waals surface area contributed by atoms with Crippen LogP contribution >= 0.6 is 15.9 Å². The van der Waals surface area contributed by atoms with E-state index >= 15 is 0 Å². The SMILES string of the molecule is COc1ccc(C(=O)NC2CCCNC2)cc1Br. The molecule has 1 fully saturated rings. The Bertz CT molecular complexity index is 431. The highest BCUT2D eigenvalue weighted by molar-refractivity contribution is 9.10. The first-order valence-corrected chi connectivity index (χ1v) is 6.85. The first kappa shape index (κ1) is 13.4. The fourth-order valence-electron chi connectivity index (χ4n) is 2.05. The fraction of sp³-hybridized carbons (Fsp3) is 0.462. The molecular weight excluding hydrogens is 296 g/mol. The maximum absolute atomic E-state index is 12.1. The van der Waals surface area contributed by atoms with E-state index in [1.807, 2.05) is 0 Å². The smallest absolute Gasteiger partial charge is 0.251 e. The van der Waals surface area contributed by atoms with E-state index in [2.05, 4.69) is 26.6 Å². The molecule has 1 unspecified atom stereocenters. The van der Waals surface area contributed by atoms with Gasteiger partial charge < -0.3 is 15.4 Å². The molecule has 1 amide bonds. The van der Waals surface area contributed by atoms with Crippen molar-refractivity contribution in [3.8, 4) is 5.75 Å². The molecule has 98 valence electrons. The molecule has 2 N–H and O–H groups in total. The second-order valence-electron chi connectivity index (χ2n) is 4.37. The third-order valence-corrected chi connectivity index (χ3v) is 3.67. The summed E-state index contributed by atoms with van der Waals surface area (Å²) in [6.45, 7) is 1.89. The van der Waals surface area contributed by atoms with Gasteiger partial charge in [-0.25, -0.2) is 0 Å². The monoisotopic (exact) mass is 312 g/mol. The van der Waals surface area contributed by atoms with Crippen molar-refractivity contribution in [1.29, 1.82) is 0 Å². The van der Waals surface area contributed by atoms with Crippen LogP contribution in [0, 0.1) is 0 Å². The van der Waals surface area contributed by atoms with Gasteiger partial charge in [-0.2, -0.15) is 0 Å². The zero-order valence-electron chi connectivity index (χ0n) is 10.3. The Morgan fingerprint density at radius 1 is 1.56 bits per heavy atom. The van der Waals surface area contributed by atoms with Gasteiger partial charge in [-0.05, 0) is 53.5 Å². The molecule has 1 heterocycles. The summed E-state index contributed by atoms with van der Waals surface area (Å²) in [6, 6.07) is 5.57. The van der Waals surface area contributed by atoms with Gasteiger partial charge in [0.25, 0.3) is 5.91 Å². The summed E-state index contributed by atoms with van der Waals surface area (Å²) < 4.78 is 5.93. The quantitative estimate of drug-likeness (QED) is 0.897. The number of halogens is 1. The maximum atomic E-state index is 12.1. The van der Waals surface area contributed by atoms with Gasteiger partial charge in [-0.1, -0.05) is 0 Å². The third-order valence-electron chi connectivity index (χ3n) is 3.05. The fourth-order valence-corrected chi connectivity index (χ4v) is 2.59. The summed E-state index contributed by atoms with van der Waals surface area (Å²) in [5.41, 5.74) is 0.647. The predicted molar refractivity (Wildman–Crippen MR) is 74.1 cm³/mol. The van der Waals surface area contributed by atoms with Crippen LogP contribution < -0.4 is 15.4 Å². The Morgan fingerprint density at radius 3 is 3.00 bits per heavy atom. The Hall–Kier alpha value is -1.07. The molecule has 0 radical (unpaired) electrons. The summed E-state index contributed by atoms with van der Waals surface area (Å²) in [5.74, 6) is 0.693. The highest BCUT2D eigenvalue weighted by Crippen LogP contribution is 2.25. The molecule has 0 spiro atoms. The number of carbonyl (C=O) groups is 1. The van der Waals surface area contributed by atoms with E-state index in [4.69, 9.17) is 4.74 Å². The van der Waals surface area contributed by atoms with Crippen LogP contribution in [0.3, 0.4) is 0 Å². The lowest BCUT2D eigenvalue weighted by molar-refractivity contribution is 0.0930. The molecule has 0 saturated carbocycles. The summed E-state index contributed by atoms with van der Waals surface area (Å²) in [7, 11) is 1.60. The molecular formula is C13H17BrN2O2. The summed E-state index contributed by atoms with van der Waals surface area (Å²) in [4.78, 5) is 12.1. The molecule has 0 aliphatic carbocycles. The van der Waals surface area contributed by atoms with Gasteiger partial charge in [-0.3, -0.25) is 4.79 Å². The lowest BCUT2D eigenvalue weighted by Crippen LogP contribution is -2.45. The minimum Gasteiger partial charge on any atom is -0.496 e. The normalized spacial score (nSPS) is 19.3. The van der Waals surface area contributed by atoms with Crippen LogP contribution in [-0.2, 0) is 0 Å². The number of carbonyl (C=O) groups excluding carboxylic acids is 1. The molecule has 1 atom stereocenters. The van der Waals surface area contributed by atoms with Gasteiger partial charge in [0.2, 0.25) is 0 Å². The minimum atomic E-state index is -0.0351. The molecule has 1 aliphatic heterocycles. The summed E-state index contributed by atoms with van der Waals surface area (Å²) in [6.07, 6.45) is 2.15. The lowest BCUT2D eigenvalue weighted by atomic mass is 10.1. The number of piperidine rings is 1. The Labute approximate surface area is 115 Å². The van der Waals surface area contributed by atoms with E-state index in [1.165, 1.54) is 0 Å². The number of hydrogen-bond acceptors (Lipinski definition) is 3. The van der Waals surface area contributed by atoms with Gasteiger partial charge in [0, 0.05) is 18.2 Å². The Balaban J connectivity index is 2.01. The van der Waals surface area contributed by atoms with Crippen molar-refractivity contribution in [2.24, 2.45) is 0 Å². The summed E-state index contributed by atoms with van der Waals surface area (Å²) >= 11 is 3.38. The van der Waals surface area contributed by atoms with Gasteiger partial charge in [0.1, 0.15) is 5.75 Å². The standard InChI is InChI=1S/C13H17BrN2O2/c1-18-12-5-4-9(7-11(12)14)13(17)16-10-3-2-6-15-8-10/h4-5,7,10,15H,2-3,6,8H2,1H3,(H,16,17). The van der Waals surface area contributed by atoms with Crippen LogP contribution in [0.15, 0.2) is 22.7 Å². The van der Waals surface area contributed by atoms with Crippen LogP contribution in [0.1, 0.15) is 23.2 Å². The molecule has 5 heteroatoms. The molecule has 1 aromatic rings. The van der Waals surface area contributed by atoms with Crippen molar-refractivity contribution >= 4 is 21.8 Å². The predicted octanol–water partition coefficient (Wildman–Crippen LogP) is 1.94. The topological polar surface area (TPSA) is 50.4 Å². The largest absolute Gasteiger partial charge is 0.496 e. The van der Waals surface area contributed by atoms with Crippen LogP contribution in [0.4, 0.5) is 0 Å². The Kier molecular flexibility index (Phi) is 4.60. The van der Waals surface area contributed by atoms with Crippen LogP contribution in [0.5, 0.6) is 5.75 Å². The zero-order valence-corrected chi connectivity index (χ0v) is 11.9.